The Balaban J connectivity index is 1.87. The summed E-state index contributed by atoms with van der Waals surface area (Å²) in [5.74, 6) is 0. The maximum Gasteiger partial charge on any atom is 0.100 e. The SMILES string of the molecule is CCCCCc1ccc(N=C=Nc2ccc(CCCCC)cc2)cc1. The summed E-state index contributed by atoms with van der Waals surface area (Å²) in [5.41, 5.74) is 4.56. The highest BCUT2D eigenvalue weighted by Gasteiger charge is 1.95. The Kier molecular flexibility index (Phi) is 8.72. The van der Waals surface area contributed by atoms with Crippen LogP contribution in [0.3, 0.4) is 0 Å². The molecule has 2 heteroatoms. The Labute approximate surface area is 152 Å². The smallest absolute Gasteiger partial charge is 0.100 e. The summed E-state index contributed by atoms with van der Waals surface area (Å²) >= 11 is 0. The fourth-order valence-corrected chi connectivity index (χ4v) is 2.77. The minimum absolute atomic E-state index is 0.902. The largest absolute Gasteiger partial charge is 0.188 e. The van der Waals surface area contributed by atoms with Crippen molar-refractivity contribution in [2.75, 3.05) is 0 Å². The first-order valence-electron chi connectivity index (χ1n) is 9.66. The van der Waals surface area contributed by atoms with Gasteiger partial charge in [-0.3, -0.25) is 0 Å². The van der Waals surface area contributed by atoms with Gasteiger partial charge in [0.1, 0.15) is 6.01 Å². The van der Waals surface area contributed by atoms with E-state index in [1.807, 2.05) is 24.3 Å². The molecule has 2 nitrogen and oxygen atoms in total. The Morgan fingerprint density at radius 1 is 0.600 bits per heavy atom. The highest BCUT2D eigenvalue weighted by Crippen LogP contribution is 2.16. The van der Waals surface area contributed by atoms with Gasteiger partial charge in [0, 0.05) is 0 Å². The molecule has 0 spiro atoms. The van der Waals surface area contributed by atoms with Crippen molar-refractivity contribution in [3.05, 3.63) is 59.7 Å². The lowest BCUT2D eigenvalue weighted by atomic mass is 10.1. The molecule has 0 unspecified atom stereocenters. The van der Waals surface area contributed by atoms with Crippen molar-refractivity contribution in [3.63, 3.8) is 0 Å². The van der Waals surface area contributed by atoms with E-state index in [9.17, 15) is 0 Å². The third-order valence-electron chi connectivity index (χ3n) is 4.37. The topological polar surface area (TPSA) is 24.7 Å². The number of hydrogen-bond acceptors (Lipinski definition) is 2. The molecule has 0 N–H and O–H groups in total. The molecular weight excluding hydrogens is 304 g/mol. The molecule has 0 aliphatic rings. The second-order valence-electron chi connectivity index (χ2n) is 6.57. The van der Waals surface area contributed by atoms with Crippen molar-refractivity contribution < 1.29 is 0 Å². The Hall–Kier alpha value is -2.18. The first-order valence-corrected chi connectivity index (χ1v) is 9.66. The second-order valence-corrected chi connectivity index (χ2v) is 6.57. The maximum atomic E-state index is 4.31. The standard InChI is InChI=1S/C23H30N2/c1-3-5-7-9-20-11-15-22(16-12-20)24-19-25-23-17-13-21(14-18-23)10-8-6-4-2/h11-18H,3-10H2,1-2H3. The summed E-state index contributed by atoms with van der Waals surface area (Å²) in [6, 6.07) is 19.6. The van der Waals surface area contributed by atoms with E-state index in [1.165, 1.54) is 49.7 Å². The lowest BCUT2D eigenvalue weighted by Gasteiger charge is -2.00. The van der Waals surface area contributed by atoms with Crippen LogP contribution < -0.4 is 0 Å². The summed E-state index contributed by atoms with van der Waals surface area (Å²) in [5, 5.41) is 0. The van der Waals surface area contributed by atoms with Gasteiger partial charge in [0.25, 0.3) is 0 Å². The van der Waals surface area contributed by atoms with Gasteiger partial charge < -0.3 is 0 Å². The molecule has 0 saturated carbocycles. The van der Waals surface area contributed by atoms with E-state index in [-0.39, 0.29) is 0 Å². The van der Waals surface area contributed by atoms with Crippen LogP contribution in [0.5, 0.6) is 0 Å². The molecule has 25 heavy (non-hydrogen) atoms. The number of rotatable bonds is 10. The summed E-state index contributed by atoms with van der Waals surface area (Å²) in [6.45, 7) is 4.47. The monoisotopic (exact) mass is 334 g/mol. The molecule has 0 amide bonds. The van der Waals surface area contributed by atoms with Crippen LogP contribution in [0.1, 0.15) is 63.5 Å². The van der Waals surface area contributed by atoms with Gasteiger partial charge in [0.2, 0.25) is 0 Å². The summed E-state index contributed by atoms with van der Waals surface area (Å²) in [4.78, 5) is 8.61. The molecule has 0 radical (unpaired) electrons. The van der Waals surface area contributed by atoms with E-state index in [1.54, 1.807) is 0 Å². The van der Waals surface area contributed by atoms with Crippen LogP contribution in [-0.4, -0.2) is 6.01 Å². The summed E-state index contributed by atoms with van der Waals surface area (Å²) < 4.78 is 0. The van der Waals surface area contributed by atoms with E-state index in [0.29, 0.717) is 0 Å². The number of nitrogens with zero attached hydrogens (tertiary/aromatic N) is 2. The van der Waals surface area contributed by atoms with Gasteiger partial charge in [-0.25, -0.2) is 0 Å². The first kappa shape index (κ1) is 19.1. The van der Waals surface area contributed by atoms with Gasteiger partial charge in [-0.1, -0.05) is 63.8 Å². The third kappa shape index (κ3) is 7.49. The second kappa shape index (κ2) is 11.4. The molecule has 0 heterocycles. The van der Waals surface area contributed by atoms with Gasteiger partial charge in [0.05, 0.1) is 11.4 Å². The predicted octanol–water partition coefficient (Wildman–Crippen LogP) is 7.29. The lowest BCUT2D eigenvalue weighted by molar-refractivity contribution is 0.717. The molecule has 132 valence electrons. The van der Waals surface area contributed by atoms with Crippen LogP contribution in [0.25, 0.3) is 0 Å². The molecule has 2 aromatic carbocycles. The summed E-state index contributed by atoms with van der Waals surface area (Å²) in [7, 11) is 0. The van der Waals surface area contributed by atoms with Crippen LogP contribution >= 0.6 is 0 Å². The lowest BCUT2D eigenvalue weighted by Crippen LogP contribution is -1.84. The zero-order valence-electron chi connectivity index (χ0n) is 15.7. The van der Waals surface area contributed by atoms with Crippen molar-refractivity contribution in [2.45, 2.75) is 65.2 Å². The zero-order chi connectivity index (χ0) is 17.7. The van der Waals surface area contributed by atoms with Gasteiger partial charge in [0.15, 0.2) is 0 Å². The Morgan fingerprint density at radius 2 is 1.00 bits per heavy atom. The van der Waals surface area contributed by atoms with E-state index < -0.39 is 0 Å². The minimum Gasteiger partial charge on any atom is -0.188 e. The predicted molar refractivity (Wildman–Crippen MR) is 109 cm³/mol. The fraction of sp³-hybridized carbons (Fsp3) is 0.435. The molecular formula is C23H30N2. The molecule has 2 rings (SSSR count). The normalized spacial score (nSPS) is 10.3. The molecule has 0 bridgehead atoms. The van der Waals surface area contributed by atoms with E-state index in [4.69, 9.17) is 0 Å². The van der Waals surface area contributed by atoms with Crippen LogP contribution in [-0.2, 0) is 12.8 Å². The molecule has 0 aliphatic heterocycles. The third-order valence-corrected chi connectivity index (χ3v) is 4.37. The Bertz CT molecular complexity index is 605. The zero-order valence-corrected chi connectivity index (χ0v) is 15.7. The van der Waals surface area contributed by atoms with Crippen molar-refractivity contribution in [2.24, 2.45) is 9.98 Å². The minimum atomic E-state index is 0.902. The average Bonchev–Trinajstić information content (AvgIpc) is 2.65. The highest BCUT2D eigenvalue weighted by atomic mass is 14.8. The van der Waals surface area contributed by atoms with Gasteiger partial charge in [-0.2, -0.15) is 9.98 Å². The maximum absolute atomic E-state index is 4.31. The van der Waals surface area contributed by atoms with Crippen molar-refractivity contribution in [1.82, 2.24) is 0 Å². The molecule has 0 aromatic heterocycles. The van der Waals surface area contributed by atoms with Crippen LogP contribution in [0.15, 0.2) is 58.5 Å². The quantitative estimate of drug-likeness (QED) is 0.322. The first-order chi connectivity index (χ1) is 12.3. The van der Waals surface area contributed by atoms with Gasteiger partial charge in [-0.05, 0) is 61.1 Å². The molecule has 2 aromatic rings. The summed E-state index contributed by atoms with van der Waals surface area (Å²) in [6.07, 6.45) is 9.93. The number of aryl methyl sites for hydroxylation is 2. The molecule has 0 saturated heterocycles. The van der Waals surface area contributed by atoms with Gasteiger partial charge in [-0.15, -0.1) is 0 Å². The highest BCUT2D eigenvalue weighted by molar-refractivity contribution is 5.58. The van der Waals surface area contributed by atoms with Crippen molar-refractivity contribution in [3.8, 4) is 0 Å². The van der Waals surface area contributed by atoms with Crippen LogP contribution in [0.4, 0.5) is 11.4 Å². The van der Waals surface area contributed by atoms with E-state index in [0.717, 1.165) is 24.2 Å². The van der Waals surface area contributed by atoms with Crippen molar-refractivity contribution >= 4 is 17.4 Å². The van der Waals surface area contributed by atoms with Crippen LogP contribution in [0, 0.1) is 0 Å². The molecule has 0 fully saturated rings. The fourth-order valence-electron chi connectivity index (χ4n) is 2.77. The number of unbranched alkanes of at least 4 members (excludes halogenated alkanes) is 4. The molecule has 0 atom stereocenters. The van der Waals surface area contributed by atoms with Crippen molar-refractivity contribution in [1.29, 1.82) is 0 Å². The number of aliphatic imine (C=N–C) groups is 2. The molecule has 0 aliphatic carbocycles. The Morgan fingerprint density at radius 3 is 1.36 bits per heavy atom. The van der Waals surface area contributed by atoms with Gasteiger partial charge >= 0.3 is 0 Å². The average molecular weight is 335 g/mol. The van der Waals surface area contributed by atoms with Crippen LogP contribution in [0.2, 0.25) is 0 Å². The van der Waals surface area contributed by atoms with E-state index in [2.05, 4.69) is 54.1 Å². The number of hydrogen-bond donors (Lipinski definition) is 0. The van der Waals surface area contributed by atoms with E-state index >= 15 is 0 Å². The number of benzene rings is 2.